The minimum absolute atomic E-state index is 0.150. The molecule has 0 aliphatic carbocycles. The maximum Gasteiger partial charge on any atom is 0.0894 e. The Labute approximate surface area is 48.3 Å². The van der Waals surface area contributed by atoms with Gasteiger partial charge in [0, 0.05) is 7.11 Å². The molecule has 0 aliphatic rings. The van der Waals surface area contributed by atoms with Crippen molar-refractivity contribution in [1.82, 2.24) is 15.4 Å². The molecule has 4 heteroatoms. The Balaban J connectivity index is 2.69. The first-order valence-corrected chi connectivity index (χ1v) is 2.20. The zero-order chi connectivity index (χ0) is 6.69. The minimum atomic E-state index is 0.150. The summed E-state index contributed by atoms with van der Waals surface area (Å²) in [6.45, 7) is 0.367. The summed E-state index contributed by atoms with van der Waals surface area (Å²) in [5.74, 6) is 0. The van der Waals surface area contributed by atoms with Gasteiger partial charge < -0.3 is 4.74 Å². The lowest BCUT2D eigenvalue weighted by molar-refractivity contribution is 0.181. The number of rotatable bonds is 2. The number of aromatic amines is 1. The molecule has 0 aromatic carbocycles. The minimum Gasteiger partial charge on any atom is -0.378 e. The highest BCUT2D eigenvalue weighted by Gasteiger charge is 1.88. The summed E-state index contributed by atoms with van der Waals surface area (Å²) < 4.78 is 11.8. The maximum atomic E-state index is 7.07. The average molecular weight is 114 g/mol. The van der Waals surface area contributed by atoms with Crippen molar-refractivity contribution in [3.8, 4) is 0 Å². The van der Waals surface area contributed by atoms with E-state index >= 15 is 0 Å². The predicted molar refractivity (Wildman–Crippen MR) is 27.1 cm³/mol. The van der Waals surface area contributed by atoms with Gasteiger partial charge in [-0.15, -0.1) is 5.10 Å². The van der Waals surface area contributed by atoms with E-state index in [1.807, 2.05) is 0 Å². The van der Waals surface area contributed by atoms with Crippen molar-refractivity contribution in [3.05, 3.63) is 11.9 Å². The molecule has 0 aliphatic heterocycles. The van der Waals surface area contributed by atoms with Gasteiger partial charge >= 0.3 is 0 Å². The van der Waals surface area contributed by atoms with E-state index in [1.54, 1.807) is 7.11 Å². The fraction of sp³-hybridized carbons (Fsp3) is 0.500. The van der Waals surface area contributed by atoms with Crippen molar-refractivity contribution in [1.29, 1.82) is 0 Å². The lowest BCUT2D eigenvalue weighted by atomic mass is 10.5. The molecule has 1 N–H and O–H groups in total. The third-order valence-corrected chi connectivity index (χ3v) is 0.709. The van der Waals surface area contributed by atoms with Crippen molar-refractivity contribution >= 4 is 0 Å². The molecule has 1 aromatic rings. The van der Waals surface area contributed by atoms with Crippen LogP contribution in [0.3, 0.4) is 0 Å². The van der Waals surface area contributed by atoms with Crippen LogP contribution in [-0.4, -0.2) is 22.5 Å². The first-order valence-electron chi connectivity index (χ1n) is 2.70. The normalized spacial score (nSPS) is 11.4. The summed E-state index contributed by atoms with van der Waals surface area (Å²) in [6, 6.07) is 0. The smallest absolute Gasteiger partial charge is 0.0894 e. The molecule has 0 saturated heterocycles. The van der Waals surface area contributed by atoms with Crippen LogP contribution in [0.15, 0.2) is 6.17 Å². The molecule has 0 saturated carbocycles. The third-order valence-electron chi connectivity index (χ3n) is 0.709. The molecule has 1 aromatic heterocycles. The quantitative estimate of drug-likeness (QED) is 0.586. The molecular formula is C4H7N3O. The average Bonchev–Trinajstić information content (AvgIpc) is 2.18. The summed E-state index contributed by atoms with van der Waals surface area (Å²) in [4.78, 5) is 0. The first-order chi connectivity index (χ1) is 4.34. The van der Waals surface area contributed by atoms with E-state index in [1.165, 1.54) is 0 Å². The molecule has 8 heavy (non-hydrogen) atoms. The Hall–Kier alpha value is -0.900. The fourth-order valence-electron chi connectivity index (χ4n) is 0.405. The van der Waals surface area contributed by atoms with Crippen LogP contribution in [0.2, 0.25) is 0 Å². The van der Waals surface area contributed by atoms with Gasteiger partial charge in [0.15, 0.2) is 0 Å². The van der Waals surface area contributed by atoms with Crippen molar-refractivity contribution in [3.63, 3.8) is 0 Å². The highest BCUT2D eigenvalue weighted by atomic mass is 16.5. The summed E-state index contributed by atoms with van der Waals surface area (Å²) in [5.41, 5.74) is 0.609. The van der Waals surface area contributed by atoms with E-state index in [0.717, 1.165) is 0 Å². The molecule has 1 rings (SSSR count). The van der Waals surface area contributed by atoms with Crippen molar-refractivity contribution < 1.29 is 6.11 Å². The number of ether oxygens (including phenoxy) is 1. The Bertz CT molecular complexity index is 188. The van der Waals surface area contributed by atoms with Crippen LogP contribution in [0.4, 0.5) is 0 Å². The van der Waals surface area contributed by atoms with Gasteiger partial charge in [-0.1, -0.05) is 5.21 Å². The second-order valence-electron chi connectivity index (χ2n) is 1.34. The molecular weight excluding hydrogens is 106 g/mol. The summed E-state index contributed by atoms with van der Waals surface area (Å²) >= 11 is 0. The molecule has 0 amide bonds. The first kappa shape index (κ1) is 4.03. The highest BCUT2D eigenvalue weighted by Crippen LogP contribution is 1.88. The van der Waals surface area contributed by atoms with E-state index in [4.69, 9.17) is 6.11 Å². The van der Waals surface area contributed by atoms with Crippen molar-refractivity contribution in [2.45, 2.75) is 6.61 Å². The number of hydrogen-bond acceptors (Lipinski definition) is 3. The molecule has 0 radical (unpaired) electrons. The number of hydrogen-bond donors (Lipinski definition) is 1. The van der Waals surface area contributed by atoms with E-state index in [-0.39, 0.29) is 6.17 Å². The Kier molecular flexibility index (Phi) is 1.22. The maximum absolute atomic E-state index is 7.07. The lowest BCUT2D eigenvalue weighted by Crippen LogP contribution is -1.85. The molecule has 1 heterocycles. The van der Waals surface area contributed by atoms with E-state index in [9.17, 15) is 0 Å². The molecule has 0 unspecified atom stereocenters. The third kappa shape index (κ3) is 1.04. The standard InChI is InChI=1S/C4H7N3O/c1-8-3-4-2-5-7-6-4/h2H,3H2,1H3,(H,5,6,7)/i2D. The van der Waals surface area contributed by atoms with Crippen LogP contribution in [0.5, 0.6) is 0 Å². The molecule has 4 nitrogen and oxygen atoms in total. The van der Waals surface area contributed by atoms with Crippen LogP contribution >= 0.6 is 0 Å². The Morgan fingerprint density at radius 3 is 3.50 bits per heavy atom. The Morgan fingerprint density at radius 2 is 3.00 bits per heavy atom. The topological polar surface area (TPSA) is 50.8 Å². The van der Waals surface area contributed by atoms with Gasteiger partial charge in [-0.2, -0.15) is 0 Å². The Morgan fingerprint density at radius 1 is 2.12 bits per heavy atom. The van der Waals surface area contributed by atoms with E-state index < -0.39 is 0 Å². The number of methoxy groups -OCH3 is 1. The van der Waals surface area contributed by atoms with E-state index in [0.29, 0.717) is 12.3 Å². The van der Waals surface area contributed by atoms with Crippen molar-refractivity contribution in [2.24, 2.45) is 0 Å². The summed E-state index contributed by atoms with van der Waals surface area (Å²) in [7, 11) is 1.56. The largest absolute Gasteiger partial charge is 0.378 e. The fourth-order valence-corrected chi connectivity index (χ4v) is 0.405. The van der Waals surface area contributed by atoms with Crippen LogP contribution in [0.25, 0.3) is 0 Å². The zero-order valence-electron chi connectivity index (χ0n) is 5.51. The highest BCUT2D eigenvalue weighted by molar-refractivity contribution is 4.86. The van der Waals surface area contributed by atoms with Gasteiger partial charge in [0.2, 0.25) is 0 Å². The second-order valence-corrected chi connectivity index (χ2v) is 1.34. The molecule has 0 atom stereocenters. The summed E-state index contributed by atoms with van der Waals surface area (Å²) in [5, 5.41) is 9.35. The SMILES string of the molecule is [2H]c1nn[nH]c1COC. The number of nitrogens with one attached hydrogen (secondary N) is 1. The molecule has 0 bridgehead atoms. The second kappa shape index (κ2) is 2.42. The van der Waals surface area contributed by atoms with Crippen LogP contribution in [-0.2, 0) is 11.3 Å². The van der Waals surface area contributed by atoms with Crippen molar-refractivity contribution in [2.75, 3.05) is 7.11 Å². The molecule has 0 fully saturated rings. The van der Waals surface area contributed by atoms with Gasteiger partial charge in [-0.05, 0) is 0 Å². The number of nitrogens with zero attached hydrogens (tertiary/aromatic N) is 2. The van der Waals surface area contributed by atoms with Gasteiger partial charge in [0.05, 0.1) is 19.8 Å². The van der Waals surface area contributed by atoms with Crippen LogP contribution in [0, 0.1) is 0 Å². The molecule has 44 valence electrons. The molecule has 0 spiro atoms. The van der Waals surface area contributed by atoms with Gasteiger partial charge in [0.25, 0.3) is 0 Å². The number of aromatic nitrogens is 3. The lowest BCUT2D eigenvalue weighted by Gasteiger charge is -1.87. The zero-order valence-corrected chi connectivity index (χ0v) is 4.51. The predicted octanol–water partition coefficient (Wildman–Crippen LogP) is -0.0489. The monoisotopic (exact) mass is 114 g/mol. The van der Waals surface area contributed by atoms with Crippen LogP contribution in [0.1, 0.15) is 7.06 Å². The van der Waals surface area contributed by atoms with Gasteiger partial charge in [0.1, 0.15) is 0 Å². The number of H-pyrrole nitrogens is 1. The van der Waals surface area contributed by atoms with Gasteiger partial charge in [-0.3, -0.25) is 5.10 Å². The van der Waals surface area contributed by atoms with Crippen LogP contribution < -0.4 is 0 Å². The van der Waals surface area contributed by atoms with E-state index in [2.05, 4.69) is 15.4 Å². The summed E-state index contributed by atoms with van der Waals surface area (Å²) in [6.07, 6.45) is 0.150. The van der Waals surface area contributed by atoms with Gasteiger partial charge in [-0.25, -0.2) is 0 Å².